The molecule has 2 rings (SSSR count). The molecule has 1 aromatic carbocycles. The van der Waals surface area contributed by atoms with Crippen molar-refractivity contribution in [1.29, 1.82) is 0 Å². The van der Waals surface area contributed by atoms with Crippen molar-refractivity contribution in [3.05, 3.63) is 35.4 Å². The van der Waals surface area contributed by atoms with Gasteiger partial charge in [0.1, 0.15) is 11.6 Å². The summed E-state index contributed by atoms with van der Waals surface area (Å²) in [6.07, 6.45) is -0.0388. The van der Waals surface area contributed by atoms with E-state index in [2.05, 4.69) is 5.32 Å². The highest BCUT2D eigenvalue weighted by Gasteiger charge is 2.25. The molecule has 76 valence electrons. The first-order valence-corrected chi connectivity index (χ1v) is 4.53. The quantitative estimate of drug-likeness (QED) is 0.715. The van der Waals surface area contributed by atoms with Gasteiger partial charge >= 0.3 is 0 Å². The summed E-state index contributed by atoms with van der Waals surface area (Å²) in [4.78, 5) is 0. The van der Waals surface area contributed by atoms with Crippen LogP contribution in [0.4, 0.5) is 8.78 Å². The van der Waals surface area contributed by atoms with Crippen LogP contribution in [0.15, 0.2) is 18.2 Å². The van der Waals surface area contributed by atoms with Gasteiger partial charge in [-0.1, -0.05) is 0 Å². The number of aliphatic hydroxyl groups excluding tert-OH is 1. The van der Waals surface area contributed by atoms with Crippen LogP contribution in [0.5, 0.6) is 0 Å². The maximum atomic E-state index is 13.3. The number of nitrogens with one attached hydrogen (secondary N) is 1. The van der Waals surface area contributed by atoms with E-state index in [-0.39, 0.29) is 6.04 Å². The number of hydrogen-bond acceptors (Lipinski definition) is 2. The molecule has 1 aromatic rings. The lowest BCUT2D eigenvalue weighted by molar-refractivity contribution is 0.193. The number of β-amino-alcohol motifs (C(OH)–C–C–N with tert-alkyl or cyclic N) is 1. The first-order chi connectivity index (χ1) is 6.66. The fourth-order valence-corrected chi connectivity index (χ4v) is 1.74. The summed E-state index contributed by atoms with van der Waals surface area (Å²) in [7, 11) is 0. The van der Waals surface area contributed by atoms with E-state index in [0.717, 1.165) is 12.1 Å². The number of aliphatic hydroxyl groups is 1. The molecular formula is C10H11F2NO. The third kappa shape index (κ3) is 1.76. The first-order valence-electron chi connectivity index (χ1n) is 4.53. The second-order valence-corrected chi connectivity index (χ2v) is 3.52. The van der Waals surface area contributed by atoms with Crippen LogP contribution < -0.4 is 5.32 Å². The second kappa shape index (κ2) is 3.63. The van der Waals surface area contributed by atoms with Gasteiger partial charge in [-0.05, 0) is 24.6 Å². The molecule has 2 atom stereocenters. The zero-order valence-electron chi connectivity index (χ0n) is 7.50. The van der Waals surface area contributed by atoms with Crippen molar-refractivity contribution in [2.24, 2.45) is 0 Å². The molecule has 0 amide bonds. The number of benzene rings is 1. The molecule has 0 saturated carbocycles. The van der Waals surface area contributed by atoms with Crippen molar-refractivity contribution < 1.29 is 13.9 Å². The molecule has 0 aliphatic carbocycles. The van der Waals surface area contributed by atoms with E-state index in [4.69, 9.17) is 0 Å². The Hall–Kier alpha value is -1.00. The van der Waals surface area contributed by atoms with Crippen molar-refractivity contribution in [2.45, 2.75) is 18.6 Å². The summed E-state index contributed by atoms with van der Waals surface area (Å²) in [5, 5.41) is 12.2. The van der Waals surface area contributed by atoms with E-state index < -0.39 is 17.7 Å². The van der Waals surface area contributed by atoms with Crippen LogP contribution in [0.3, 0.4) is 0 Å². The van der Waals surface area contributed by atoms with Gasteiger partial charge in [0.15, 0.2) is 0 Å². The van der Waals surface area contributed by atoms with E-state index >= 15 is 0 Å². The Balaban J connectivity index is 2.27. The third-order valence-electron chi connectivity index (χ3n) is 2.44. The van der Waals surface area contributed by atoms with Gasteiger partial charge in [-0.15, -0.1) is 0 Å². The highest BCUT2D eigenvalue weighted by atomic mass is 19.1. The van der Waals surface area contributed by atoms with Crippen molar-refractivity contribution in [3.8, 4) is 0 Å². The fourth-order valence-electron chi connectivity index (χ4n) is 1.74. The van der Waals surface area contributed by atoms with Crippen LogP contribution in [0.25, 0.3) is 0 Å². The summed E-state index contributed by atoms with van der Waals surface area (Å²) in [6.45, 7) is 0.431. The van der Waals surface area contributed by atoms with Crippen molar-refractivity contribution >= 4 is 0 Å². The predicted octanol–water partition coefficient (Wildman–Crippen LogP) is 1.36. The average molecular weight is 199 g/mol. The lowest BCUT2D eigenvalue weighted by atomic mass is 10.0. The molecule has 1 saturated heterocycles. The smallest absolute Gasteiger partial charge is 0.128 e. The molecule has 4 heteroatoms. The van der Waals surface area contributed by atoms with E-state index in [1.54, 1.807) is 0 Å². The van der Waals surface area contributed by atoms with Gasteiger partial charge in [0.25, 0.3) is 0 Å². The molecule has 2 N–H and O–H groups in total. The standard InChI is InChI=1S/C10H11F2NO/c11-6-1-2-9(12)8(3-6)10-4-7(14)5-13-10/h1-3,7,10,13-14H,4-5H2/t7-,10-/m1/s1. The van der Waals surface area contributed by atoms with Gasteiger partial charge in [0, 0.05) is 18.2 Å². The van der Waals surface area contributed by atoms with Gasteiger partial charge in [-0.3, -0.25) is 0 Å². The highest BCUT2D eigenvalue weighted by Crippen LogP contribution is 2.25. The van der Waals surface area contributed by atoms with Crippen molar-refractivity contribution in [3.63, 3.8) is 0 Å². The van der Waals surface area contributed by atoms with Crippen LogP contribution in [-0.2, 0) is 0 Å². The minimum atomic E-state index is -0.470. The molecule has 0 radical (unpaired) electrons. The van der Waals surface area contributed by atoms with Crippen molar-refractivity contribution in [2.75, 3.05) is 6.54 Å². The molecular weight excluding hydrogens is 188 g/mol. The number of rotatable bonds is 1. The molecule has 1 aliphatic rings. The van der Waals surface area contributed by atoms with E-state index in [0.29, 0.717) is 18.5 Å². The molecule has 0 unspecified atom stereocenters. The number of hydrogen-bond donors (Lipinski definition) is 2. The molecule has 1 aliphatic heterocycles. The Kier molecular flexibility index (Phi) is 2.48. The van der Waals surface area contributed by atoms with E-state index in [1.165, 1.54) is 6.07 Å². The molecule has 0 bridgehead atoms. The summed E-state index contributed by atoms with van der Waals surface area (Å²) in [5.41, 5.74) is 0.293. The first kappa shape index (κ1) is 9.55. The molecule has 2 nitrogen and oxygen atoms in total. The minimum absolute atomic E-state index is 0.277. The maximum absolute atomic E-state index is 13.3. The Morgan fingerprint density at radius 2 is 2.14 bits per heavy atom. The van der Waals surface area contributed by atoms with Gasteiger partial charge in [0.05, 0.1) is 6.10 Å². The minimum Gasteiger partial charge on any atom is -0.392 e. The van der Waals surface area contributed by atoms with Gasteiger partial charge < -0.3 is 10.4 Å². The summed E-state index contributed by atoms with van der Waals surface area (Å²) >= 11 is 0. The monoisotopic (exact) mass is 199 g/mol. The molecule has 0 spiro atoms. The highest BCUT2D eigenvalue weighted by molar-refractivity contribution is 5.23. The molecule has 0 aromatic heterocycles. The van der Waals surface area contributed by atoms with Crippen molar-refractivity contribution in [1.82, 2.24) is 5.32 Å². The number of halogens is 2. The normalized spacial score (nSPS) is 26.8. The van der Waals surface area contributed by atoms with E-state index in [9.17, 15) is 13.9 Å². The maximum Gasteiger partial charge on any atom is 0.128 e. The molecule has 1 heterocycles. The largest absolute Gasteiger partial charge is 0.392 e. The van der Waals surface area contributed by atoms with Crippen LogP contribution in [0.1, 0.15) is 18.0 Å². The predicted molar refractivity (Wildman–Crippen MR) is 47.7 cm³/mol. The summed E-state index contributed by atoms with van der Waals surface area (Å²) < 4.78 is 26.1. The fraction of sp³-hybridized carbons (Fsp3) is 0.400. The summed E-state index contributed by atoms with van der Waals surface area (Å²) in [6, 6.07) is 3.09. The third-order valence-corrected chi connectivity index (χ3v) is 2.44. The van der Waals surface area contributed by atoms with Gasteiger partial charge in [-0.25, -0.2) is 8.78 Å². The second-order valence-electron chi connectivity index (χ2n) is 3.52. The van der Waals surface area contributed by atoms with Crippen LogP contribution in [-0.4, -0.2) is 17.8 Å². The zero-order chi connectivity index (χ0) is 10.1. The summed E-state index contributed by atoms with van der Waals surface area (Å²) in [5.74, 6) is -0.886. The Morgan fingerprint density at radius 3 is 2.79 bits per heavy atom. The Morgan fingerprint density at radius 1 is 1.36 bits per heavy atom. The average Bonchev–Trinajstić information content (AvgIpc) is 2.56. The van der Waals surface area contributed by atoms with Crippen LogP contribution in [0.2, 0.25) is 0 Å². The van der Waals surface area contributed by atoms with Crippen LogP contribution in [0, 0.1) is 11.6 Å². The lowest BCUT2D eigenvalue weighted by Crippen LogP contribution is -2.15. The SMILES string of the molecule is O[C@H]1CN[C@@H](c2cc(F)ccc2F)C1. The zero-order valence-corrected chi connectivity index (χ0v) is 7.50. The van der Waals surface area contributed by atoms with Crippen LogP contribution >= 0.6 is 0 Å². The topological polar surface area (TPSA) is 32.3 Å². The van der Waals surface area contributed by atoms with Gasteiger partial charge in [-0.2, -0.15) is 0 Å². The lowest BCUT2D eigenvalue weighted by Gasteiger charge is -2.11. The molecule has 14 heavy (non-hydrogen) atoms. The van der Waals surface area contributed by atoms with E-state index in [1.807, 2.05) is 0 Å². The van der Waals surface area contributed by atoms with Gasteiger partial charge in [0.2, 0.25) is 0 Å². The Bertz CT molecular complexity index is 343. The molecule has 1 fully saturated rings. The Labute approximate surface area is 80.6 Å².